The highest BCUT2D eigenvalue weighted by atomic mass is 79.9. The number of ether oxygens (including phenoxy) is 1. The van der Waals surface area contributed by atoms with Crippen LogP contribution in [0.3, 0.4) is 0 Å². The molecule has 17 heavy (non-hydrogen) atoms. The second-order valence-electron chi connectivity index (χ2n) is 3.72. The van der Waals surface area contributed by atoms with E-state index >= 15 is 0 Å². The topological polar surface area (TPSA) is 42.4 Å². The summed E-state index contributed by atoms with van der Waals surface area (Å²) in [5, 5.41) is 7.91. The van der Waals surface area contributed by atoms with E-state index in [1.807, 2.05) is 6.07 Å². The van der Waals surface area contributed by atoms with Crippen LogP contribution >= 0.6 is 27.3 Å². The molecule has 0 spiro atoms. The van der Waals surface area contributed by atoms with Crippen molar-refractivity contribution in [3.8, 4) is 5.75 Å². The number of hydrogen-bond acceptors (Lipinski definition) is 4. The lowest BCUT2D eigenvalue weighted by Crippen LogP contribution is -2.27. The molecular weight excluding hydrogens is 300 g/mol. The number of methoxy groups -OCH3 is 1. The van der Waals surface area contributed by atoms with Gasteiger partial charge in [-0.05, 0) is 40.0 Å². The Kier molecular flexibility index (Phi) is 3.27. The van der Waals surface area contributed by atoms with Gasteiger partial charge in [0.05, 0.1) is 17.3 Å². The Hall–Kier alpha value is -0.520. The lowest BCUT2D eigenvalue weighted by molar-refractivity contribution is 0.217. The number of thiazole rings is 1. The van der Waals surface area contributed by atoms with Gasteiger partial charge in [0.25, 0.3) is 0 Å². The average Bonchev–Trinajstić information content (AvgIpc) is 2.54. The van der Waals surface area contributed by atoms with Crippen molar-refractivity contribution in [3.05, 3.63) is 21.1 Å². The van der Waals surface area contributed by atoms with Crippen LogP contribution in [-0.4, -0.2) is 32.9 Å². The Morgan fingerprint density at radius 1 is 1.53 bits per heavy atom. The normalized spacial score (nSPS) is 12.0. The standard InChI is InChI=1S/C10H8B2BrNO2S/c1-4-5(16-2)3-6-8(14-9(13)17-6)7(4)10(11,12)15/h3,15H,1-2H3. The van der Waals surface area contributed by atoms with Crippen molar-refractivity contribution in [2.45, 2.75) is 12.3 Å². The second kappa shape index (κ2) is 4.30. The first-order valence-electron chi connectivity index (χ1n) is 4.79. The van der Waals surface area contributed by atoms with Gasteiger partial charge in [0.15, 0.2) is 3.92 Å². The molecule has 0 unspecified atom stereocenters. The molecule has 0 aliphatic rings. The summed E-state index contributed by atoms with van der Waals surface area (Å²) in [6, 6.07) is 1.85. The summed E-state index contributed by atoms with van der Waals surface area (Å²) >= 11 is 4.72. The fraction of sp³-hybridized carbons (Fsp3) is 0.300. The predicted molar refractivity (Wildman–Crippen MR) is 74.0 cm³/mol. The van der Waals surface area contributed by atoms with Crippen molar-refractivity contribution in [1.82, 2.24) is 4.98 Å². The van der Waals surface area contributed by atoms with Gasteiger partial charge in [-0.2, -0.15) is 0 Å². The molecule has 0 aliphatic carbocycles. The molecule has 7 heteroatoms. The molecule has 0 amide bonds. The molecule has 2 aromatic rings. The molecule has 0 saturated heterocycles. The van der Waals surface area contributed by atoms with Gasteiger partial charge in [-0.25, -0.2) is 4.98 Å². The van der Waals surface area contributed by atoms with Gasteiger partial charge in [0, 0.05) is 5.40 Å². The van der Waals surface area contributed by atoms with Gasteiger partial charge in [-0.15, -0.1) is 11.3 Å². The van der Waals surface area contributed by atoms with E-state index in [1.54, 1.807) is 14.0 Å². The molecule has 0 bridgehead atoms. The summed E-state index contributed by atoms with van der Waals surface area (Å²) < 4.78 is 6.79. The smallest absolute Gasteiger partial charge is 0.160 e. The minimum absolute atomic E-state index is 0.383. The molecule has 4 radical (unpaired) electrons. The van der Waals surface area contributed by atoms with E-state index in [9.17, 15) is 5.11 Å². The molecule has 1 aromatic heterocycles. The summed E-state index contributed by atoms with van der Waals surface area (Å²) in [6.45, 7) is 1.78. The quantitative estimate of drug-likeness (QED) is 0.861. The fourth-order valence-electron chi connectivity index (χ4n) is 1.81. The van der Waals surface area contributed by atoms with Crippen molar-refractivity contribution in [1.29, 1.82) is 0 Å². The molecule has 0 atom stereocenters. The van der Waals surface area contributed by atoms with Crippen molar-refractivity contribution >= 4 is 53.2 Å². The zero-order valence-electron chi connectivity index (χ0n) is 9.32. The number of benzene rings is 1. The third-order valence-electron chi connectivity index (χ3n) is 2.49. The highest BCUT2D eigenvalue weighted by molar-refractivity contribution is 9.11. The predicted octanol–water partition coefficient (Wildman–Crippen LogP) is 1.82. The monoisotopic (exact) mass is 307 g/mol. The van der Waals surface area contributed by atoms with E-state index in [1.165, 1.54) is 11.3 Å². The first-order valence-corrected chi connectivity index (χ1v) is 6.39. The van der Waals surface area contributed by atoms with E-state index in [-0.39, 0.29) is 0 Å². The summed E-state index contributed by atoms with van der Waals surface area (Å²) in [6.07, 6.45) is 0. The zero-order chi connectivity index (χ0) is 12.8. The van der Waals surface area contributed by atoms with Gasteiger partial charge in [0.1, 0.15) is 21.4 Å². The molecule has 3 nitrogen and oxygen atoms in total. The van der Waals surface area contributed by atoms with Gasteiger partial charge in [-0.1, -0.05) is 0 Å². The number of fused-ring (bicyclic) bond motifs is 1. The van der Waals surface area contributed by atoms with E-state index in [0.717, 1.165) is 4.70 Å². The summed E-state index contributed by atoms with van der Waals surface area (Å²) in [7, 11) is 12.7. The maximum atomic E-state index is 9.85. The van der Waals surface area contributed by atoms with Gasteiger partial charge < -0.3 is 9.84 Å². The molecule has 1 heterocycles. The van der Waals surface area contributed by atoms with Crippen LogP contribution in [-0.2, 0) is 5.40 Å². The Morgan fingerprint density at radius 2 is 2.18 bits per heavy atom. The number of halogens is 1. The Bertz CT molecular complexity index is 580. The van der Waals surface area contributed by atoms with Crippen LogP contribution in [0.5, 0.6) is 5.75 Å². The van der Waals surface area contributed by atoms with Crippen molar-refractivity contribution < 1.29 is 9.84 Å². The van der Waals surface area contributed by atoms with Crippen molar-refractivity contribution in [3.63, 3.8) is 0 Å². The lowest BCUT2D eigenvalue weighted by atomic mass is 9.60. The van der Waals surface area contributed by atoms with Crippen LogP contribution in [0.2, 0.25) is 0 Å². The van der Waals surface area contributed by atoms with Crippen LogP contribution in [0.4, 0.5) is 0 Å². The van der Waals surface area contributed by atoms with E-state index < -0.39 is 5.40 Å². The number of rotatable bonds is 2. The minimum atomic E-state index is -1.94. The molecule has 0 fully saturated rings. The number of nitrogens with zero attached hydrogens (tertiary/aromatic N) is 1. The molecule has 84 valence electrons. The average molecular weight is 308 g/mol. The maximum absolute atomic E-state index is 9.85. The van der Waals surface area contributed by atoms with Gasteiger partial charge in [-0.3, -0.25) is 0 Å². The van der Waals surface area contributed by atoms with Crippen molar-refractivity contribution in [2.24, 2.45) is 0 Å². The SMILES string of the molecule is [B]C([B])(O)c1c(C)c(OC)cc2sc(Br)nc12. The van der Waals surface area contributed by atoms with Crippen molar-refractivity contribution in [2.75, 3.05) is 7.11 Å². The first kappa shape index (κ1) is 12.9. The Morgan fingerprint density at radius 3 is 2.71 bits per heavy atom. The molecular formula is C10H8B2BrNO2S. The summed E-state index contributed by atoms with van der Waals surface area (Å²) in [4.78, 5) is 4.28. The van der Waals surface area contributed by atoms with Gasteiger partial charge >= 0.3 is 0 Å². The number of aliphatic hydroxyl groups is 1. The molecule has 1 aromatic carbocycles. The number of hydrogen-bond donors (Lipinski definition) is 1. The third kappa shape index (κ3) is 2.23. The molecule has 1 N–H and O–H groups in total. The number of aromatic nitrogens is 1. The van der Waals surface area contributed by atoms with Crippen LogP contribution in [0.25, 0.3) is 10.2 Å². The maximum Gasteiger partial charge on any atom is 0.160 e. The van der Waals surface area contributed by atoms with Crippen LogP contribution in [0.1, 0.15) is 11.1 Å². The summed E-state index contributed by atoms with van der Waals surface area (Å²) in [5.41, 5.74) is 1.66. The Balaban J connectivity index is 2.89. The van der Waals surface area contributed by atoms with E-state index in [2.05, 4.69) is 20.9 Å². The second-order valence-corrected chi connectivity index (χ2v) is 6.02. The molecule has 0 saturated carbocycles. The molecule has 2 rings (SSSR count). The van der Waals surface area contributed by atoms with Crippen LogP contribution in [0, 0.1) is 6.92 Å². The largest absolute Gasteiger partial charge is 0.496 e. The highest BCUT2D eigenvalue weighted by Crippen LogP contribution is 2.38. The third-order valence-corrected chi connectivity index (χ3v) is 3.95. The zero-order valence-corrected chi connectivity index (χ0v) is 11.7. The highest BCUT2D eigenvalue weighted by Gasteiger charge is 2.25. The molecule has 0 aliphatic heterocycles. The summed E-state index contributed by atoms with van der Waals surface area (Å²) in [5.74, 6) is 0.623. The van der Waals surface area contributed by atoms with E-state index in [0.29, 0.717) is 26.3 Å². The lowest BCUT2D eigenvalue weighted by Gasteiger charge is -2.23. The fourth-order valence-corrected chi connectivity index (χ4v) is 3.24. The minimum Gasteiger partial charge on any atom is -0.496 e. The van der Waals surface area contributed by atoms with E-state index in [4.69, 9.17) is 20.4 Å². The van der Waals surface area contributed by atoms with Crippen LogP contribution < -0.4 is 4.74 Å². The van der Waals surface area contributed by atoms with Crippen LogP contribution in [0.15, 0.2) is 9.98 Å². The van der Waals surface area contributed by atoms with Gasteiger partial charge in [0.2, 0.25) is 0 Å². The first-order chi connectivity index (χ1) is 7.84. The Labute approximate surface area is 114 Å².